The smallest absolute Gasteiger partial charge is 0.350 e. The predicted octanol–water partition coefficient (Wildman–Crippen LogP) is 3.95. The number of amides is 4. The molecule has 0 aromatic heterocycles. The number of benzene rings is 1. The highest BCUT2D eigenvalue weighted by molar-refractivity contribution is 6.21. The van der Waals surface area contributed by atoms with Crippen LogP contribution in [0.25, 0.3) is 0 Å². The lowest BCUT2D eigenvalue weighted by Gasteiger charge is -2.28. The Bertz CT molecular complexity index is 970. The Morgan fingerprint density at radius 3 is 2.73 bits per heavy atom. The number of carbonyl (C=O) groups excluding carboxylic acids is 3. The highest BCUT2D eigenvalue weighted by atomic mass is 16.2. The van der Waals surface area contributed by atoms with Crippen LogP contribution in [0.3, 0.4) is 0 Å². The molecule has 3 aliphatic rings. The van der Waals surface area contributed by atoms with Crippen molar-refractivity contribution in [3.05, 3.63) is 71.3 Å². The Kier molecular flexibility index (Phi) is 6.02. The number of allylic oxidation sites excluding steroid dienone is 4. The summed E-state index contributed by atoms with van der Waals surface area (Å²) in [5, 5.41) is 2.96. The molecule has 1 aromatic carbocycles. The summed E-state index contributed by atoms with van der Waals surface area (Å²) in [6, 6.07) is 6.44. The van der Waals surface area contributed by atoms with Gasteiger partial charge in [0.15, 0.2) is 0 Å². The zero-order valence-electron chi connectivity index (χ0n) is 16.8. The van der Waals surface area contributed by atoms with Crippen molar-refractivity contribution in [2.24, 2.45) is 10.9 Å². The molecule has 0 fully saturated rings. The van der Waals surface area contributed by atoms with Gasteiger partial charge in [0, 0.05) is 12.1 Å². The predicted molar refractivity (Wildman–Crippen MR) is 115 cm³/mol. The summed E-state index contributed by atoms with van der Waals surface area (Å²) >= 11 is 0. The number of urea groups is 1. The van der Waals surface area contributed by atoms with Gasteiger partial charge in [0.1, 0.15) is 0 Å². The summed E-state index contributed by atoms with van der Waals surface area (Å²) in [5.41, 5.74) is 3.25. The van der Waals surface area contributed by atoms with E-state index in [0.717, 1.165) is 29.7 Å². The highest BCUT2D eigenvalue weighted by Crippen LogP contribution is 2.22. The fourth-order valence-electron chi connectivity index (χ4n) is 3.94. The molecule has 0 spiro atoms. The number of imide groups is 1. The van der Waals surface area contributed by atoms with E-state index in [0.29, 0.717) is 17.8 Å². The van der Waals surface area contributed by atoms with Crippen molar-refractivity contribution in [3.8, 4) is 0 Å². The summed E-state index contributed by atoms with van der Waals surface area (Å²) in [4.78, 5) is 42.5. The van der Waals surface area contributed by atoms with Gasteiger partial charge in [-0.3, -0.25) is 14.5 Å². The van der Waals surface area contributed by atoms with Gasteiger partial charge < -0.3 is 5.32 Å². The first-order chi connectivity index (χ1) is 14.6. The number of rotatable bonds is 6. The lowest BCUT2D eigenvalue weighted by molar-refractivity contribution is -0.129. The molecule has 1 N–H and O–H groups in total. The normalized spacial score (nSPS) is 20.5. The van der Waals surface area contributed by atoms with E-state index in [4.69, 9.17) is 0 Å². The molecule has 1 atom stereocenters. The molecule has 0 bridgehead atoms. The zero-order valence-corrected chi connectivity index (χ0v) is 16.8. The minimum Gasteiger partial charge on any atom is -0.352 e. The number of hydrogen-bond donors (Lipinski definition) is 1. The Morgan fingerprint density at radius 2 is 1.97 bits per heavy atom. The fraction of sp³-hybridized carbons (Fsp3) is 0.333. The van der Waals surface area contributed by atoms with Crippen molar-refractivity contribution >= 4 is 23.6 Å². The van der Waals surface area contributed by atoms with Crippen LogP contribution < -0.4 is 5.32 Å². The van der Waals surface area contributed by atoms with Crippen molar-refractivity contribution in [3.63, 3.8) is 0 Å². The lowest BCUT2D eigenvalue weighted by atomic mass is 9.95. The molecule has 2 aliphatic carbocycles. The maximum atomic E-state index is 12.7. The Balaban J connectivity index is 1.34. The van der Waals surface area contributed by atoms with Gasteiger partial charge in [0.2, 0.25) is 5.91 Å². The van der Waals surface area contributed by atoms with Crippen LogP contribution in [-0.4, -0.2) is 35.0 Å². The average molecular weight is 403 g/mol. The molecular formula is C24H25N3O3. The largest absolute Gasteiger partial charge is 0.352 e. The minimum absolute atomic E-state index is 0.114. The van der Waals surface area contributed by atoms with Crippen LogP contribution in [0.2, 0.25) is 0 Å². The zero-order chi connectivity index (χ0) is 20.9. The average Bonchev–Trinajstić information content (AvgIpc) is 2.78. The highest BCUT2D eigenvalue weighted by Gasteiger charge is 2.35. The fourth-order valence-corrected chi connectivity index (χ4v) is 3.94. The van der Waals surface area contributed by atoms with Crippen LogP contribution in [-0.2, 0) is 11.3 Å². The third kappa shape index (κ3) is 4.48. The van der Waals surface area contributed by atoms with E-state index in [-0.39, 0.29) is 18.4 Å². The molecule has 1 heterocycles. The molecule has 6 nitrogen and oxygen atoms in total. The first kappa shape index (κ1) is 20.0. The van der Waals surface area contributed by atoms with Gasteiger partial charge in [-0.15, -0.1) is 0 Å². The summed E-state index contributed by atoms with van der Waals surface area (Å²) in [6.45, 7) is 0.769. The van der Waals surface area contributed by atoms with E-state index >= 15 is 0 Å². The topological polar surface area (TPSA) is 78.8 Å². The summed E-state index contributed by atoms with van der Waals surface area (Å²) in [5.74, 6) is -0.891. The van der Waals surface area contributed by atoms with Gasteiger partial charge >= 0.3 is 6.03 Å². The molecular weight excluding hydrogens is 378 g/mol. The van der Waals surface area contributed by atoms with Gasteiger partial charge in [-0.05, 0) is 55.9 Å². The SMILES string of the molecule is O=C(NCCC1=CCCCC1)c1ccc(CN2C(=O)N=C3C=CC=CC3C2=O)cc1. The van der Waals surface area contributed by atoms with E-state index in [9.17, 15) is 14.4 Å². The van der Waals surface area contributed by atoms with Crippen molar-refractivity contribution in [1.82, 2.24) is 10.2 Å². The number of hydrogen-bond acceptors (Lipinski definition) is 3. The Labute approximate surface area is 176 Å². The van der Waals surface area contributed by atoms with Crippen LogP contribution in [0.5, 0.6) is 0 Å². The maximum absolute atomic E-state index is 12.7. The maximum Gasteiger partial charge on any atom is 0.350 e. The van der Waals surface area contributed by atoms with Gasteiger partial charge in [-0.1, -0.05) is 42.0 Å². The quantitative estimate of drug-likeness (QED) is 0.731. The molecule has 4 amide bonds. The van der Waals surface area contributed by atoms with Gasteiger partial charge in [-0.2, -0.15) is 4.99 Å². The molecule has 1 unspecified atom stereocenters. The number of carbonyl (C=O) groups is 3. The monoisotopic (exact) mass is 403 g/mol. The molecule has 154 valence electrons. The van der Waals surface area contributed by atoms with E-state index in [1.165, 1.54) is 18.4 Å². The summed E-state index contributed by atoms with van der Waals surface area (Å²) < 4.78 is 0. The molecule has 0 saturated heterocycles. The molecule has 30 heavy (non-hydrogen) atoms. The van der Waals surface area contributed by atoms with Crippen molar-refractivity contribution in [1.29, 1.82) is 0 Å². The van der Waals surface area contributed by atoms with Crippen molar-refractivity contribution in [2.45, 2.75) is 38.6 Å². The first-order valence-corrected chi connectivity index (χ1v) is 10.5. The van der Waals surface area contributed by atoms with Crippen LogP contribution in [0, 0.1) is 5.92 Å². The summed E-state index contributed by atoms with van der Waals surface area (Å²) in [6.07, 6.45) is 15.0. The van der Waals surface area contributed by atoms with Gasteiger partial charge in [-0.25, -0.2) is 4.79 Å². The van der Waals surface area contributed by atoms with Crippen LogP contribution in [0.15, 0.2) is 65.2 Å². The molecule has 1 aromatic rings. The van der Waals surface area contributed by atoms with Crippen molar-refractivity contribution < 1.29 is 14.4 Å². The number of fused-ring (bicyclic) bond motifs is 1. The molecule has 1 aliphatic heterocycles. The van der Waals surface area contributed by atoms with Gasteiger partial charge in [0.05, 0.1) is 18.2 Å². The van der Waals surface area contributed by atoms with Crippen LogP contribution in [0.1, 0.15) is 48.0 Å². The molecule has 6 heteroatoms. The number of nitrogens with zero attached hydrogens (tertiary/aromatic N) is 2. The second kappa shape index (κ2) is 9.03. The third-order valence-corrected chi connectivity index (χ3v) is 5.66. The van der Waals surface area contributed by atoms with Gasteiger partial charge in [0.25, 0.3) is 5.91 Å². The third-order valence-electron chi connectivity index (χ3n) is 5.66. The number of aliphatic imine (C=N–C) groups is 1. The van der Waals surface area contributed by atoms with E-state index in [2.05, 4.69) is 16.4 Å². The van der Waals surface area contributed by atoms with Crippen LogP contribution >= 0.6 is 0 Å². The molecule has 0 saturated carbocycles. The first-order valence-electron chi connectivity index (χ1n) is 10.5. The Hall–Kier alpha value is -3.28. The molecule has 0 radical (unpaired) electrons. The van der Waals surface area contributed by atoms with E-state index in [1.54, 1.807) is 48.6 Å². The van der Waals surface area contributed by atoms with E-state index < -0.39 is 11.9 Å². The number of nitrogens with one attached hydrogen (secondary N) is 1. The Morgan fingerprint density at radius 1 is 1.13 bits per heavy atom. The summed E-state index contributed by atoms with van der Waals surface area (Å²) in [7, 11) is 0. The molecule has 4 rings (SSSR count). The van der Waals surface area contributed by atoms with Crippen LogP contribution in [0.4, 0.5) is 4.79 Å². The minimum atomic E-state index is -0.551. The second-order valence-corrected chi connectivity index (χ2v) is 7.78. The second-order valence-electron chi connectivity index (χ2n) is 7.78. The van der Waals surface area contributed by atoms with E-state index in [1.807, 2.05) is 0 Å². The standard InChI is InChI=1S/C24H25N3O3/c28-22(25-15-14-17-6-2-1-3-7-17)19-12-10-18(11-13-19)16-27-23(29)20-8-4-5-9-21(20)26-24(27)30/h4-6,8-13,20H,1-3,7,14-16H2,(H,25,28). The van der Waals surface area contributed by atoms with Crippen molar-refractivity contribution in [2.75, 3.05) is 6.54 Å². The lowest BCUT2D eigenvalue weighted by Crippen LogP contribution is -2.45.